The van der Waals surface area contributed by atoms with E-state index in [4.69, 9.17) is 9.72 Å². The van der Waals surface area contributed by atoms with Crippen molar-refractivity contribution >= 4 is 0 Å². The maximum Gasteiger partial charge on any atom is 0.163 e. The lowest BCUT2D eigenvalue weighted by molar-refractivity contribution is 0.300. The lowest BCUT2D eigenvalue weighted by atomic mass is 10.0. The molecule has 2 aromatic rings. The summed E-state index contributed by atoms with van der Waals surface area (Å²) in [5.74, 6) is 2.47. The van der Waals surface area contributed by atoms with Crippen LogP contribution in [0.1, 0.15) is 65.0 Å². The molecule has 0 spiro atoms. The van der Waals surface area contributed by atoms with Gasteiger partial charge in [-0.2, -0.15) is 0 Å². The molecule has 0 radical (unpaired) electrons. The number of hydrogen-bond donors (Lipinski definition) is 0. The second-order valence-electron chi connectivity index (χ2n) is 6.83. The molecule has 136 valence electrons. The Kier molecular flexibility index (Phi) is 8.44. The van der Waals surface area contributed by atoms with Crippen LogP contribution in [0.25, 0.3) is 11.4 Å². The van der Waals surface area contributed by atoms with Crippen LogP contribution < -0.4 is 4.74 Å². The first-order valence-electron chi connectivity index (χ1n) is 9.78. The predicted molar refractivity (Wildman–Crippen MR) is 105 cm³/mol. The molecular weight excluding hydrogens is 308 g/mol. The van der Waals surface area contributed by atoms with Crippen LogP contribution in [0.5, 0.6) is 5.75 Å². The third kappa shape index (κ3) is 6.49. The SMILES string of the molecule is CCCCc1ccnc(-c2ccccc2OCCCCC(C)CC)n1. The third-order valence-electron chi connectivity index (χ3n) is 4.67. The number of rotatable bonds is 11. The van der Waals surface area contributed by atoms with Gasteiger partial charge in [0.25, 0.3) is 0 Å². The van der Waals surface area contributed by atoms with Crippen molar-refractivity contribution in [1.82, 2.24) is 9.97 Å². The number of unbranched alkanes of at least 4 members (excludes halogenated alkanes) is 2. The molecule has 0 saturated carbocycles. The molecule has 0 fully saturated rings. The fourth-order valence-corrected chi connectivity index (χ4v) is 2.78. The van der Waals surface area contributed by atoms with Crippen LogP contribution in [-0.4, -0.2) is 16.6 Å². The first-order chi connectivity index (χ1) is 12.2. The van der Waals surface area contributed by atoms with Gasteiger partial charge in [-0.25, -0.2) is 9.97 Å². The van der Waals surface area contributed by atoms with E-state index in [9.17, 15) is 0 Å². The minimum Gasteiger partial charge on any atom is -0.493 e. The van der Waals surface area contributed by atoms with E-state index in [0.29, 0.717) is 0 Å². The smallest absolute Gasteiger partial charge is 0.163 e. The number of aryl methyl sites for hydroxylation is 1. The van der Waals surface area contributed by atoms with Gasteiger partial charge in [0.15, 0.2) is 5.82 Å². The van der Waals surface area contributed by atoms with Crippen molar-refractivity contribution in [2.45, 2.75) is 65.7 Å². The molecule has 1 aromatic carbocycles. The van der Waals surface area contributed by atoms with Gasteiger partial charge < -0.3 is 4.74 Å². The van der Waals surface area contributed by atoms with Crippen LogP contribution in [0.15, 0.2) is 36.5 Å². The van der Waals surface area contributed by atoms with E-state index >= 15 is 0 Å². The van der Waals surface area contributed by atoms with E-state index in [-0.39, 0.29) is 0 Å². The summed E-state index contributed by atoms with van der Waals surface area (Å²) in [5, 5.41) is 0. The highest BCUT2D eigenvalue weighted by molar-refractivity contribution is 5.63. The normalized spacial score (nSPS) is 12.1. The van der Waals surface area contributed by atoms with Gasteiger partial charge in [0.2, 0.25) is 0 Å². The minimum atomic E-state index is 0.753. The Morgan fingerprint density at radius 1 is 1.04 bits per heavy atom. The summed E-state index contributed by atoms with van der Waals surface area (Å²) in [7, 11) is 0. The highest BCUT2D eigenvalue weighted by Gasteiger charge is 2.09. The van der Waals surface area contributed by atoms with E-state index < -0.39 is 0 Å². The quantitative estimate of drug-likeness (QED) is 0.465. The number of aromatic nitrogens is 2. The number of nitrogens with zero attached hydrogens (tertiary/aromatic N) is 2. The Bertz CT molecular complexity index is 627. The predicted octanol–water partition coefficient (Wildman–Crippen LogP) is 6.08. The van der Waals surface area contributed by atoms with Crippen molar-refractivity contribution in [2.75, 3.05) is 6.61 Å². The molecule has 1 atom stereocenters. The van der Waals surface area contributed by atoms with Gasteiger partial charge in [-0.05, 0) is 49.8 Å². The number of para-hydroxylation sites is 1. The van der Waals surface area contributed by atoms with Crippen LogP contribution in [-0.2, 0) is 6.42 Å². The fourth-order valence-electron chi connectivity index (χ4n) is 2.78. The number of ether oxygens (including phenoxy) is 1. The maximum absolute atomic E-state index is 6.05. The number of hydrogen-bond acceptors (Lipinski definition) is 3. The zero-order chi connectivity index (χ0) is 17.9. The lowest BCUT2D eigenvalue weighted by Gasteiger charge is -2.12. The molecule has 0 aliphatic heterocycles. The van der Waals surface area contributed by atoms with Crippen molar-refractivity contribution in [3.63, 3.8) is 0 Å². The largest absolute Gasteiger partial charge is 0.493 e. The Balaban J connectivity index is 1.98. The van der Waals surface area contributed by atoms with Gasteiger partial charge >= 0.3 is 0 Å². The summed E-state index contributed by atoms with van der Waals surface area (Å²) in [6.07, 6.45) is 10.1. The third-order valence-corrected chi connectivity index (χ3v) is 4.67. The minimum absolute atomic E-state index is 0.753. The van der Waals surface area contributed by atoms with Crippen molar-refractivity contribution in [2.24, 2.45) is 5.92 Å². The molecule has 3 heteroatoms. The summed E-state index contributed by atoms with van der Waals surface area (Å²) >= 11 is 0. The second-order valence-corrected chi connectivity index (χ2v) is 6.83. The van der Waals surface area contributed by atoms with E-state index in [1.54, 1.807) is 0 Å². The highest BCUT2D eigenvalue weighted by atomic mass is 16.5. The van der Waals surface area contributed by atoms with Crippen molar-refractivity contribution in [3.8, 4) is 17.1 Å². The average molecular weight is 341 g/mol. The molecule has 2 rings (SSSR count). The van der Waals surface area contributed by atoms with Gasteiger partial charge in [0.1, 0.15) is 5.75 Å². The monoisotopic (exact) mass is 340 g/mol. The zero-order valence-corrected chi connectivity index (χ0v) is 16.0. The Hall–Kier alpha value is -1.90. The van der Waals surface area contributed by atoms with Crippen LogP contribution in [0, 0.1) is 5.92 Å². The molecule has 0 aliphatic rings. The van der Waals surface area contributed by atoms with E-state index in [2.05, 4.69) is 25.8 Å². The first-order valence-corrected chi connectivity index (χ1v) is 9.78. The van der Waals surface area contributed by atoms with Crippen molar-refractivity contribution < 1.29 is 4.74 Å². The summed E-state index contributed by atoms with van der Waals surface area (Å²) in [6, 6.07) is 10.1. The standard InChI is InChI=1S/C22H32N2O/c1-4-6-12-19-15-16-23-22(24-19)20-13-7-8-14-21(20)25-17-10-9-11-18(3)5-2/h7-8,13-16,18H,4-6,9-12,17H2,1-3H3. The van der Waals surface area contributed by atoms with Gasteiger partial charge in [0, 0.05) is 11.9 Å². The summed E-state index contributed by atoms with van der Waals surface area (Å²) < 4.78 is 6.05. The summed E-state index contributed by atoms with van der Waals surface area (Å²) in [6.45, 7) is 7.53. The Morgan fingerprint density at radius 2 is 1.88 bits per heavy atom. The molecule has 1 unspecified atom stereocenters. The van der Waals surface area contributed by atoms with Crippen LogP contribution >= 0.6 is 0 Å². The lowest BCUT2D eigenvalue weighted by Crippen LogP contribution is -2.02. The van der Waals surface area contributed by atoms with Gasteiger partial charge in [-0.3, -0.25) is 0 Å². The van der Waals surface area contributed by atoms with E-state index in [0.717, 1.165) is 54.6 Å². The molecule has 0 aliphatic carbocycles. The molecule has 0 saturated heterocycles. The molecule has 0 bridgehead atoms. The molecule has 0 amide bonds. The average Bonchev–Trinajstić information content (AvgIpc) is 2.66. The fraction of sp³-hybridized carbons (Fsp3) is 0.545. The maximum atomic E-state index is 6.05. The summed E-state index contributed by atoms with van der Waals surface area (Å²) in [4.78, 5) is 9.19. The molecule has 1 aromatic heterocycles. The van der Waals surface area contributed by atoms with Gasteiger partial charge in [-0.1, -0.05) is 52.2 Å². The van der Waals surface area contributed by atoms with Crippen LogP contribution in [0.4, 0.5) is 0 Å². The molecule has 1 heterocycles. The first kappa shape index (κ1) is 19.4. The van der Waals surface area contributed by atoms with E-state index in [1.807, 2.05) is 36.5 Å². The summed E-state index contributed by atoms with van der Waals surface area (Å²) in [5.41, 5.74) is 2.10. The molecule has 3 nitrogen and oxygen atoms in total. The molecule has 25 heavy (non-hydrogen) atoms. The van der Waals surface area contributed by atoms with Crippen LogP contribution in [0.2, 0.25) is 0 Å². The van der Waals surface area contributed by atoms with Gasteiger partial charge in [-0.15, -0.1) is 0 Å². The van der Waals surface area contributed by atoms with Crippen molar-refractivity contribution in [1.29, 1.82) is 0 Å². The molecule has 0 N–H and O–H groups in total. The zero-order valence-electron chi connectivity index (χ0n) is 16.0. The topological polar surface area (TPSA) is 35.0 Å². The van der Waals surface area contributed by atoms with E-state index in [1.165, 1.54) is 25.7 Å². The number of benzene rings is 1. The Labute approximate surface area is 152 Å². The van der Waals surface area contributed by atoms with Gasteiger partial charge in [0.05, 0.1) is 12.2 Å². The second kappa shape index (κ2) is 10.9. The molecular formula is C22H32N2O. The van der Waals surface area contributed by atoms with Crippen LogP contribution in [0.3, 0.4) is 0 Å². The highest BCUT2D eigenvalue weighted by Crippen LogP contribution is 2.27. The van der Waals surface area contributed by atoms with Crippen molar-refractivity contribution in [3.05, 3.63) is 42.2 Å². The Morgan fingerprint density at radius 3 is 2.68 bits per heavy atom.